The number of benzene rings is 2. The Hall–Kier alpha value is -2.62. The van der Waals surface area contributed by atoms with Crippen LogP contribution in [0, 0.1) is 0 Å². The molecule has 0 aromatic heterocycles. The molecule has 10 heteroatoms. The minimum atomic E-state index is -3.27. The highest BCUT2D eigenvalue weighted by Gasteiger charge is 2.45. The second-order valence-electron chi connectivity index (χ2n) is 7.85. The molecule has 0 aliphatic carbocycles. The maximum Gasteiger partial charge on any atom is 0.309 e. The van der Waals surface area contributed by atoms with Gasteiger partial charge >= 0.3 is 11.9 Å². The molecule has 2 N–H and O–H groups in total. The monoisotopic (exact) mass is 478 g/mol. The maximum absolute atomic E-state index is 12.2. The molecule has 0 saturated carbocycles. The van der Waals surface area contributed by atoms with Crippen LogP contribution in [0.4, 0.5) is 5.69 Å². The predicted molar refractivity (Wildman–Crippen MR) is 118 cm³/mol. The summed E-state index contributed by atoms with van der Waals surface area (Å²) in [4.78, 5) is 24.7. The first-order valence-electron chi connectivity index (χ1n) is 10.2. The second kappa shape index (κ2) is 8.73. The van der Waals surface area contributed by atoms with E-state index in [0.29, 0.717) is 35.8 Å². The number of carbonyl (C=O) groups excluding carboxylic acids is 2. The van der Waals surface area contributed by atoms with E-state index in [-0.39, 0.29) is 24.3 Å². The molecule has 8 nitrogen and oxygen atoms in total. The number of hydrogen-bond acceptors (Lipinski definition) is 8. The molecule has 2 aliphatic rings. The molecule has 1 spiro atoms. The third-order valence-corrected chi connectivity index (χ3v) is 6.94. The Balaban J connectivity index is 1.67. The minimum absolute atomic E-state index is 0.0297. The Kier molecular flexibility index (Phi) is 6.15. The number of hydrogen-bond donors (Lipinski definition) is 2. The summed E-state index contributed by atoms with van der Waals surface area (Å²) in [6.45, 7) is 1.10. The van der Waals surface area contributed by atoms with Gasteiger partial charge in [0.15, 0.2) is 9.84 Å². The lowest BCUT2D eigenvalue weighted by molar-refractivity contribution is -0.225. The molecule has 0 unspecified atom stereocenters. The zero-order chi connectivity index (χ0) is 22.9. The van der Waals surface area contributed by atoms with E-state index >= 15 is 0 Å². The van der Waals surface area contributed by atoms with Crippen LogP contribution >= 0.6 is 11.6 Å². The van der Waals surface area contributed by atoms with E-state index in [1.807, 2.05) is 0 Å². The van der Waals surface area contributed by atoms with Crippen molar-refractivity contribution >= 4 is 39.1 Å². The zero-order valence-electron chi connectivity index (χ0n) is 17.4. The molecule has 1 fully saturated rings. The van der Waals surface area contributed by atoms with Gasteiger partial charge in [-0.2, -0.15) is 0 Å². The Morgan fingerprint density at radius 2 is 1.69 bits per heavy atom. The van der Waals surface area contributed by atoms with Crippen LogP contribution in [-0.4, -0.2) is 39.7 Å². The van der Waals surface area contributed by atoms with E-state index in [2.05, 4.69) is 10.6 Å². The van der Waals surface area contributed by atoms with E-state index in [9.17, 15) is 18.0 Å². The second-order valence-corrected chi connectivity index (χ2v) is 10.3. The van der Waals surface area contributed by atoms with Crippen molar-refractivity contribution in [3.63, 3.8) is 0 Å². The quantitative estimate of drug-likeness (QED) is 0.645. The minimum Gasteiger partial charge on any atom is -0.416 e. The molecule has 2 heterocycles. The highest BCUT2D eigenvalue weighted by atomic mass is 35.5. The third kappa shape index (κ3) is 4.60. The van der Waals surface area contributed by atoms with Crippen LogP contribution < -0.4 is 10.6 Å². The largest absolute Gasteiger partial charge is 0.416 e. The highest BCUT2D eigenvalue weighted by Crippen LogP contribution is 2.40. The Morgan fingerprint density at radius 3 is 2.31 bits per heavy atom. The lowest BCUT2D eigenvalue weighted by atomic mass is 9.96. The molecule has 0 atom stereocenters. The number of rotatable bonds is 4. The number of fused-ring (bicyclic) bond motifs is 2. The van der Waals surface area contributed by atoms with Crippen molar-refractivity contribution in [1.29, 1.82) is 0 Å². The van der Waals surface area contributed by atoms with Gasteiger partial charge < -0.3 is 20.1 Å². The van der Waals surface area contributed by atoms with Crippen molar-refractivity contribution in [3.8, 4) is 0 Å². The summed E-state index contributed by atoms with van der Waals surface area (Å²) in [6.07, 6.45) is 1.68. The summed E-state index contributed by atoms with van der Waals surface area (Å²) in [6, 6.07) is 9.98. The Morgan fingerprint density at radius 1 is 1.03 bits per heavy atom. The highest BCUT2D eigenvalue weighted by molar-refractivity contribution is 7.90. The van der Waals surface area contributed by atoms with Gasteiger partial charge in [0.1, 0.15) is 0 Å². The molecule has 2 aliphatic heterocycles. The summed E-state index contributed by atoms with van der Waals surface area (Å²) in [5, 5.41) is 6.97. The maximum atomic E-state index is 12.2. The van der Waals surface area contributed by atoms with Crippen LogP contribution in [0.25, 0.3) is 0 Å². The van der Waals surface area contributed by atoms with E-state index in [4.69, 9.17) is 21.1 Å². The van der Waals surface area contributed by atoms with Gasteiger partial charge in [0.25, 0.3) is 5.79 Å². The first-order valence-corrected chi connectivity index (χ1v) is 12.4. The van der Waals surface area contributed by atoms with E-state index in [1.54, 1.807) is 36.4 Å². The number of sulfone groups is 1. The molecule has 2 aromatic carbocycles. The molecule has 170 valence electrons. The van der Waals surface area contributed by atoms with Crippen LogP contribution in [0.3, 0.4) is 0 Å². The summed E-state index contributed by atoms with van der Waals surface area (Å²) < 4.78 is 34.6. The standard InChI is InChI=1S/C22H23ClN2O6S/c1-32(28,29)15-4-2-14(3-5-15)12-25-21-16-10-11-24-13-22(17(16)6-7-18(21)23)30-19(26)8-9-20(27)31-22/h2-7,24-25H,8-13H2,1H3. The average molecular weight is 479 g/mol. The van der Waals surface area contributed by atoms with Crippen molar-refractivity contribution in [2.75, 3.05) is 24.7 Å². The average Bonchev–Trinajstić information content (AvgIpc) is 3.00. The van der Waals surface area contributed by atoms with Crippen molar-refractivity contribution in [2.24, 2.45) is 0 Å². The van der Waals surface area contributed by atoms with Gasteiger partial charge in [0, 0.05) is 18.4 Å². The van der Waals surface area contributed by atoms with Gasteiger partial charge in [-0.1, -0.05) is 23.7 Å². The topological polar surface area (TPSA) is 111 Å². The molecule has 0 bridgehead atoms. The Bertz CT molecular complexity index is 1150. The smallest absolute Gasteiger partial charge is 0.309 e. The van der Waals surface area contributed by atoms with E-state index < -0.39 is 27.6 Å². The lowest BCUT2D eigenvalue weighted by Crippen LogP contribution is -2.43. The molecular formula is C22H23ClN2O6S. The first kappa shape index (κ1) is 22.6. The number of halogens is 1. The number of esters is 2. The zero-order valence-corrected chi connectivity index (χ0v) is 19.0. The fourth-order valence-electron chi connectivity index (χ4n) is 3.91. The molecule has 1 saturated heterocycles. The summed E-state index contributed by atoms with van der Waals surface area (Å²) in [5.74, 6) is -2.55. The SMILES string of the molecule is CS(=O)(=O)c1ccc(CNc2c(Cl)ccc3c2CCNCC32OC(=O)CCC(=O)O2)cc1. The molecule has 32 heavy (non-hydrogen) atoms. The van der Waals surface area contributed by atoms with Gasteiger partial charge in [-0.15, -0.1) is 0 Å². The number of nitrogens with one attached hydrogen (secondary N) is 2. The van der Waals surface area contributed by atoms with Crippen LogP contribution in [0.5, 0.6) is 0 Å². The number of anilines is 1. The summed E-state index contributed by atoms with van der Waals surface area (Å²) in [7, 11) is -3.27. The van der Waals surface area contributed by atoms with Gasteiger partial charge in [-0.05, 0) is 48.4 Å². The van der Waals surface area contributed by atoms with Gasteiger partial charge in [0.05, 0.1) is 35.0 Å². The van der Waals surface area contributed by atoms with Crippen LogP contribution in [0.2, 0.25) is 5.02 Å². The van der Waals surface area contributed by atoms with Crippen LogP contribution in [0.15, 0.2) is 41.3 Å². The molecule has 4 rings (SSSR count). The fraction of sp³-hybridized carbons (Fsp3) is 0.364. The predicted octanol–water partition coefficient (Wildman–Crippen LogP) is 2.53. The molecular weight excluding hydrogens is 456 g/mol. The number of ether oxygens (including phenoxy) is 2. The third-order valence-electron chi connectivity index (χ3n) is 5.49. The van der Waals surface area contributed by atoms with Crippen molar-refractivity contribution in [2.45, 2.75) is 36.5 Å². The van der Waals surface area contributed by atoms with Crippen LogP contribution in [-0.2, 0) is 47.7 Å². The van der Waals surface area contributed by atoms with Gasteiger partial charge in [-0.25, -0.2) is 8.42 Å². The van der Waals surface area contributed by atoms with Gasteiger partial charge in [0.2, 0.25) is 0 Å². The molecule has 2 aromatic rings. The Labute approximate surface area is 191 Å². The molecule has 0 radical (unpaired) electrons. The van der Waals surface area contributed by atoms with E-state index in [1.165, 1.54) is 0 Å². The number of carbonyl (C=O) groups is 2. The summed E-state index contributed by atoms with van der Waals surface area (Å²) in [5.41, 5.74) is 2.87. The van der Waals surface area contributed by atoms with Crippen molar-refractivity contribution < 1.29 is 27.5 Å². The van der Waals surface area contributed by atoms with Crippen LogP contribution in [0.1, 0.15) is 29.5 Å². The fourth-order valence-corrected chi connectivity index (χ4v) is 4.78. The van der Waals surface area contributed by atoms with Crippen molar-refractivity contribution in [1.82, 2.24) is 5.32 Å². The summed E-state index contributed by atoms with van der Waals surface area (Å²) >= 11 is 6.50. The van der Waals surface area contributed by atoms with Crippen molar-refractivity contribution in [3.05, 3.63) is 58.1 Å². The lowest BCUT2D eigenvalue weighted by Gasteiger charge is -2.32. The first-order chi connectivity index (χ1) is 15.2. The normalized spacial score (nSPS) is 18.2. The molecule has 0 amide bonds. The van der Waals surface area contributed by atoms with Gasteiger partial charge in [-0.3, -0.25) is 9.59 Å². The van der Waals surface area contributed by atoms with E-state index in [0.717, 1.165) is 17.4 Å².